The summed E-state index contributed by atoms with van der Waals surface area (Å²) in [6.07, 6.45) is 0. The Morgan fingerprint density at radius 3 is 2.43 bits per heavy atom. The first-order valence-corrected chi connectivity index (χ1v) is 3.28. The molecule has 1 aliphatic heterocycles. The Labute approximate surface area is 41.3 Å². The minimum atomic E-state index is -3.14. The van der Waals surface area contributed by atoms with Gasteiger partial charge in [-0.1, -0.05) is 4.52 Å². The predicted octanol–water partition coefficient (Wildman–Crippen LogP) is -0.0562. The zero-order valence-electron chi connectivity index (χ0n) is 3.40. The van der Waals surface area contributed by atoms with E-state index in [0.29, 0.717) is 0 Å². The molecular formula is C2H3N2O2S. The normalized spacial score (nSPS) is 25.7. The van der Waals surface area contributed by atoms with Gasteiger partial charge in [0.1, 0.15) is 6.54 Å². The highest BCUT2D eigenvalue weighted by atomic mass is 32.2. The fourth-order valence-electron chi connectivity index (χ4n) is 0.266. The molecule has 0 bridgehead atoms. The van der Waals surface area contributed by atoms with Gasteiger partial charge in [-0.25, -0.2) is 8.42 Å². The molecule has 1 heterocycles. The number of sulfonamides is 1. The molecule has 7 heavy (non-hydrogen) atoms. The highest BCUT2D eigenvalue weighted by Gasteiger charge is 2.12. The van der Waals surface area contributed by atoms with Crippen LogP contribution in [0.2, 0.25) is 0 Å². The first-order valence-electron chi connectivity index (χ1n) is 1.67. The number of rotatable bonds is 0. The second-order valence-corrected chi connectivity index (χ2v) is 2.79. The largest absolute Gasteiger partial charge is 0.272 e. The molecule has 0 unspecified atom stereocenters. The van der Waals surface area contributed by atoms with Crippen LogP contribution >= 0.6 is 0 Å². The van der Waals surface area contributed by atoms with E-state index in [9.17, 15) is 8.42 Å². The van der Waals surface area contributed by atoms with Crippen molar-refractivity contribution in [3.05, 3.63) is 6.54 Å². The molecule has 5 heteroatoms. The van der Waals surface area contributed by atoms with Crippen molar-refractivity contribution >= 4 is 10.0 Å². The van der Waals surface area contributed by atoms with Gasteiger partial charge in [-0.05, 0) is 0 Å². The van der Waals surface area contributed by atoms with E-state index >= 15 is 0 Å². The third-order valence-corrected chi connectivity index (χ3v) is 1.45. The molecule has 0 atom stereocenters. The van der Waals surface area contributed by atoms with E-state index in [2.05, 4.69) is 9.63 Å². The quantitative estimate of drug-likeness (QED) is 0.448. The average molecular weight is 119 g/mol. The number of hydrogen-bond acceptors (Lipinski definition) is 3. The van der Waals surface area contributed by atoms with Crippen LogP contribution in [0, 0.1) is 6.54 Å². The summed E-state index contributed by atoms with van der Waals surface area (Å²) in [4.78, 5) is 0. The summed E-state index contributed by atoms with van der Waals surface area (Å²) in [6, 6.07) is 0. The number of nitrogens with zero attached hydrogens (tertiary/aromatic N) is 2. The molecule has 4 nitrogen and oxygen atoms in total. The van der Waals surface area contributed by atoms with E-state index in [4.69, 9.17) is 0 Å². The molecule has 0 saturated carbocycles. The predicted molar refractivity (Wildman–Crippen MR) is 22.9 cm³/mol. The minimum absolute atomic E-state index is 0.0347. The Bertz CT molecular complexity index is 180. The van der Waals surface area contributed by atoms with Gasteiger partial charge in [0.15, 0.2) is 0 Å². The smallest absolute Gasteiger partial charge is 0.203 e. The van der Waals surface area contributed by atoms with Crippen LogP contribution < -0.4 is 0 Å². The van der Waals surface area contributed by atoms with Gasteiger partial charge >= 0.3 is 0 Å². The van der Waals surface area contributed by atoms with Crippen LogP contribution in [0.3, 0.4) is 0 Å². The topological polar surface area (TPSA) is 58.9 Å². The Balaban J connectivity index is 2.99. The van der Waals surface area contributed by atoms with E-state index in [1.807, 2.05) is 0 Å². The van der Waals surface area contributed by atoms with Crippen molar-refractivity contribution in [1.82, 2.24) is 0 Å². The van der Waals surface area contributed by atoms with Gasteiger partial charge in [-0.3, -0.25) is 0 Å². The van der Waals surface area contributed by atoms with Crippen molar-refractivity contribution in [2.75, 3.05) is 5.75 Å². The summed E-state index contributed by atoms with van der Waals surface area (Å²) < 4.78 is 23.2. The molecule has 0 aromatic carbocycles. The van der Waals surface area contributed by atoms with Gasteiger partial charge < -0.3 is 0 Å². The lowest BCUT2D eigenvalue weighted by molar-refractivity contribution is 0.601. The molecule has 1 rings (SSSR count). The summed E-state index contributed by atoms with van der Waals surface area (Å²) in [5.74, 6) is -0.0347. The molecule has 1 radical (unpaired) electrons. The van der Waals surface area contributed by atoms with Crippen LogP contribution in [0.5, 0.6) is 0 Å². The molecule has 0 aromatic rings. The van der Waals surface area contributed by atoms with Crippen molar-refractivity contribution in [3.8, 4) is 0 Å². The van der Waals surface area contributed by atoms with Gasteiger partial charge in [-0.15, -0.1) is 0 Å². The fourth-order valence-corrected chi connectivity index (χ4v) is 0.798. The zero-order chi connectivity index (χ0) is 5.33. The molecule has 0 aromatic heterocycles. The van der Waals surface area contributed by atoms with Crippen molar-refractivity contribution in [2.24, 2.45) is 9.63 Å². The highest BCUT2D eigenvalue weighted by Crippen LogP contribution is 2.04. The van der Waals surface area contributed by atoms with Crippen molar-refractivity contribution in [3.63, 3.8) is 0 Å². The van der Waals surface area contributed by atoms with Gasteiger partial charge in [0.2, 0.25) is 0 Å². The SMILES string of the molecule is O=S1(=O)C[CH]N=N1. The monoisotopic (exact) mass is 119 g/mol. The fraction of sp³-hybridized carbons (Fsp3) is 0.500. The molecule has 0 fully saturated rings. The van der Waals surface area contributed by atoms with Gasteiger partial charge in [0.05, 0.1) is 5.75 Å². The van der Waals surface area contributed by atoms with Gasteiger partial charge in [0.25, 0.3) is 10.0 Å². The van der Waals surface area contributed by atoms with E-state index < -0.39 is 10.0 Å². The van der Waals surface area contributed by atoms with Crippen LogP contribution in [0.4, 0.5) is 0 Å². The van der Waals surface area contributed by atoms with E-state index in [0.717, 1.165) is 0 Å². The van der Waals surface area contributed by atoms with E-state index in [-0.39, 0.29) is 5.75 Å². The Kier molecular flexibility index (Phi) is 0.846. The first kappa shape index (κ1) is 4.70. The molecule has 0 N–H and O–H groups in total. The summed E-state index contributed by atoms with van der Waals surface area (Å²) >= 11 is 0. The molecule has 1 aliphatic rings. The Morgan fingerprint density at radius 1 is 1.57 bits per heavy atom. The van der Waals surface area contributed by atoms with Crippen molar-refractivity contribution < 1.29 is 8.42 Å². The lowest BCUT2D eigenvalue weighted by Gasteiger charge is -1.74. The van der Waals surface area contributed by atoms with Gasteiger partial charge in [-0.2, -0.15) is 5.11 Å². The summed E-state index contributed by atoms with van der Waals surface area (Å²) in [5.41, 5.74) is 0. The van der Waals surface area contributed by atoms with Crippen LogP contribution in [-0.2, 0) is 10.0 Å². The maximum Gasteiger partial charge on any atom is 0.272 e. The van der Waals surface area contributed by atoms with Crippen LogP contribution in [0.1, 0.15) is 0 Å². The van der Waals surface area contributed by atoms with E-state index in [1.54, 1.807) is 0 Å². The molecule has 39 valence electrons. The van der Waals surface area contributed by atoms with Gasteiger partial charge in [0, 0.05) is 0 Å². The van der Waals surface area contributed by atoms with Crippen LogP contribution in [-0.4, -0.2) is 14.2 Å². The lowest BCUT2D eigenvalue weighted by atomic mass is 10.8. The lowest BCUT2D eigenvalue weighted by Crippen LogP contribution is -1.92. The molecule has 0 spiro atoms. The molecular weight excluding hydrogens is 116 g/mol. The third-order valence-electron chi connectivity index (χ3n) is 0.538. The maximum atomic E-state index is 10.1. The molecule has 0 saturated heterocycles. The number of hydrogen-bond donors (Lipinski definition) is 0. The summed E-state index contributed by atoms with van der Waals surface area (Å²) in [7, 11) is -3.14. The second kappa shape index (κ2) is 1.26. The Morgan fingerprint density at radius 2 is 2.29 bits per heavy atom. The van der Waals surface area contributed by atoms with Crippen molar-refractivity contribution in [2.45, 2.75) is 0 Å². The van der Waals surface area contributed by atoms with Crippen LogP contribution in [0.15, 0.2) is 9.63 Å². The Hall–Kier alpha value is -0.450. The average Bonchev–Trinajstić information content (AvgIpc) is 1.84. The summed E-state index contributed by atoms with van der Waals surface area (Å²) in [6.45, 7) is 1.26. The van der Waals surface area contributed by atoms with Crippen LogP contribution in [0.25, 0.3) is 0 Å². The highest BCUT2D eigenvalue weighted by molar-refractivity contribution is 7.90. The maximum absolute atomic E-state index is 10.1. The third kappa shape index (κ3) is 0.957. The minimum Gasteiger partial charge on any atom is -0.203 e. The molecule has 0 aliphatic carbocycles. The standard InChI is InChI=1S/C2H3N2O2S/c5-7(6)2-1-3-4-7/h1H,2H2. The molecule has 0 amide bonds. The first-order chi connectivity index (χ1) is 3.21. The zero-order valence-corrected chi connectivity index (χ0v) is 4.22. The summed E-state index contributed by atoms with van der Waals surface area (Å²) in [5, 5.41) is 3.15. The van der Waals surface area contributed by atoms with Crippen molar-refractivity contribution in [1.29, 1.82) is 0 Å². The second-order valence-electron chi connectivity index (χ2n) is 1.13. The van der Waals surface area contributed by atoms with E-state index in [1.165, 1.54) is 6.54 Å².